The maximum absolute atomic E-state index is 11.8. The predicted octanol–water partition coefficient (Wildman–Crippen LogP) is 3.05. The second-order valence-corrected chi connectivity index (χ2v) is 4.72. The second-order valence-electron chi connectivity index (χ2n) is 3.57. The fraction of sp³-hybridized carbons (Fsp3) is 0.0667. The van der Waals surface area contributed by atoms with Crippen molar-refractivity contribution < 1.29 is 9.00 Å². The Morgan fingerprint density at radius 1 is 1.25 bits per heavy atom. The summed E-state index contributed by atoms with van der Waals surface area (Å²) in [6, 6.07) is 10.0. The number of nitrogens with zero attached hydrogens (tertiary/aromatic N) is 2. The zero-order chi connectivity index (χ0) is 13.7. The molecule has 2 rings (SSSR count). The number of hydrogen-bond acceptors (Lipinski definition) is 4. The highest BCUT2D eigenvalue weighted by Crippen LogP contribution is 2.07. The van der Waals surface area contributed by atoms with Crippen molar-refractivity contribution in [2.24, 2.45) is 4.36 Å². The van der Waals surface area contributed by atoms with Gasteiger partial charge in [-0.15, -0.1) is 6.42 Å². The van der Waals surface area contributed by atoms with Gasteiger partial charge in [0, 0.05) is 18.0 Å². The van der Waals surface area contributed by atoms with E-state index in [-0.39, 0.29) is 13.0 Å². The molecule has 0 aliphatic carbocycles. The normalized spacial score (nSPS) is 11.2. The minimum absolute atomic E-state index is 0. The quantitative estimate of drug-likeness (QED) is 0.629. The summed E-state index contributed by atoms with van der Waals surface area (Å²) >= 11 is 0. The number of aromatic nitrogens is 1. The molecule has 0 spiro atoms. The molecule has 5 heteroatoms. The van der Waals surface area contributed by atoms with Crippen LogP contribution in [0.4, 0.5) is 0 Å². The van der Waals surface area contributed by atoms with Crippen molar-refractivity contribution in [3.63, 3.8) is 0 Å². The van der Waals surface area contributed by atoms with Crippen LogP contribution in [0, 0.1) is 12.3 Å². The fourth-order valence-corrected chi connectivity index (χ4v) is 2.10. The molecule has 1 aromatic heterocycles. The summed E-state index contributed by atoms with van der Waals surface area (Å²) in [5, 5.41) is 0. The van der Waals surface area contributed by atoms with E-state index in [0.29, 0.717) is 10.5 Å². The molecule has 0 radical (unpaired) electrons. The third kappa shape index (κ3) is 3.77. The van der Waals surface area contributed by atoms with Crippen LogP contribution in [-0.2, 0) is 14.8 Å². The van der Waals surface area contributed by atoms with Gasteiger partial charge in [-0.3, -0.25) is 9.78 Å². The van der Waals surface area contributed by atoms with Gasteiger partial charge in [-0.2, -0.15) is 10.6 Å². The van der Waals surface area contributed by atoms with E-state index in [1.165, 1.54) is 18.5 Å². The lowest BCUT2D eigenvalue weighted by Crippen LogP contribution is -1.97. The Bertz CT molecular complexity index is 727. The molecular formula is C15H13N2O2S-. The predicted molar refractivity (Wildman–Crippen MR) is 78.4 cm³/mol. The Kier molecular flexibility index (Phi) is 5.63. The molecule has 0 unspecified atom stereocenters. The van der Waals surface area contributed by atoms with Gasteiger partial charge in [0.15, 0.2) is 0 Å². The van der Waals surface area contributed by atoms with E-state index >= 15 is 0 Å². The minimum atomic E-state index is -1.73. The van der Waals surface area contributed by atoms with Gasteiger partial charge in [-0.1, -0.05) is 48.6 Å². The second kappa shape index (κ2) is 7.22. The van der Waals surface area contributed by atoms with E-state index in [1.807, 2.05) is 0 Å². The summed E-state index contributed by atoms with van der Waals surface area (Å²) in [5.74, 6) is 1.77. The Hall–Kier alpha value is -2.45. The van der Waals surface area contributed by atoms with Crippen molar-refractivity contribution in [2.75, 3.05) is 0 Å². The number of terminal acetylenes is 1. The number of rotatable bonds is 2. The molecule has 1 heterocycles. The number of carbonyl (C=O) groups is 1. The van der Waals surface area contributed by atoms with Crippen LogP contribution in [0.25, 0.3) is 0 Å². The maximum Gasteiger partial charge on any atom is 0.255 e. The Labute approximate surface area is 120 Å². The Morgan fingerprint density at radius 2 is 1.95 bits per heavy atom. The first-order valence-electron chi connectivity index (χ1n) is 5.35. The minimum Gasteiger partial charge on any atom is -0.440 e. The molecule has 0 saturated heterocycles. The smallest absolute Gasteiger partial charge is 0.255 e. The molecule has 1 aromatic carbocycles. The number of amides is 1. The van der Waals surface area contributed by atoms with Gasteiger partial charge < -0.3 is 8.57 Å². The molecule has 102 valence electrons. The number of benzene rings is 1. The van der Waals surface area contributed by atoms with Gasteiger partial charge in [0.05, 0.1) is 5.56 Å². The zero-order valence-corrected chi connectivity index (χ0v) is 10.6. The molecular weight excluding hydrogens is 272 g/mol. The van der Waals surface area contributed by atoms with Crippen molar-refractivity contribution >= 4 is 16.5 Å². The summed E-state index contributed by atoms with van der Waals surface area (Å²) in [6.07, 6.45) is 8.02. The van der Waals surface area contributed by atoms with Crippen molar-refractivity contribution in [1.29, 1.82) is 0 Å². The summed E-state index contributed by atoms with van der Waals surface area (Å²) in [7, 11) is -1.73. The van der Waals surface area contributed by atoms with E-state index < -0.39 is 16.5 Å². The van der Waals surface area contributed by atoms with Crippen LogP contribution in [-0.4, -0.2) is 10.9 Å². The van der Waals surface area contributed by atoms with Crippen LogP contribution in [0.5, 0.6) is 0 Å². The maximum atomic E-state index is 11.8. The molecule has 20 heavy (non-hydrogen) atoms. The van der Waals surface area contributed by atoms with E-state index in [0.717, 1.165) is 0 Å². The van der Waals surface area contributed by atoms with Gasteiger partial charge in [0.2, 0.25) is 0 Å². The van der Waals surface area contributed by atoms with Gasteiger partial charge in [-0.25, -0.2) is 0 Å². The highest BCUT2D eigenvalue weighted by atomic mass is 32.2. The van der Waals surface area contributed by atoms with Crippen molar-refractivity contribution in [3.05, 3.63) is 59.9 Å². The average molecular weight is 285 g/mol. The molecule has 0 fully saturated rings. The van der Waals surface area contributed by atoms with Gasteiger partial charge in [-0.05, 0) is 6.07 Å². The van der Waals surface area contributed by atoms with Gasteiger partial charge in [0.1, 0.15) is 0 Å². The molecule has 0 atom stereocenters. The third-order valence-corrected chi connectivity index (χ3v) is 3.27. The van der Waals surface area contributed by atoms with E-state index in [1.54, 1.807) is 30.3 Å². The molecule has 0 saturated carbocycles. The topological polar surface area (TPSA) is 59.4 Å². The van der Waals surface area contributed by atoms with Crippen LogP contribution >= 0.6 is 0 Å². The van der Waals surface area contributed by atoms with E-state index in [4.69, 9.17) is 6.42 Å². The average Bonchev–Trinajstić information content (AvgIpc) is 2.48. The van der Waals surface area contributed by atoms with Crippen molar-refractivity contribution in [1.82, 2.24) is 4.98 Å². The first-order valence-corrected chi connectivity index (χ1v) is 6.46. The Balaban J connectivity index is 0.00000200. The molecule has 0 N–H and O–H groups in total. The van der Waals surface area contributed by atoms with Crippen LogP contribution in [0.1, 0.15) is 23.3 Å². The van der Waals surface area contributed by atoms with Gasteiger partial charge >= 0.3 is 0 Å². The van der Waals surface area contributed by atoms with Crippen LogP contribution in [0.3, 0.4) is 0 Å². The molecule has 0 aliphatic rings. The van der Waals surface area contributed by atoms with E-state index in [2.05, 4.69) is 15.3 Å². The van der Waals surface area contributed by atoms with Crippen molar-refractivity contribution in [3.8, 4) is 12.3 Å². The zero-order valence-electron chi connectivity index (χ0n) is 9.82. The van der Waals surface area contributed by atoms with Crippen LogP contribution < -0.4 is 0 Å². The number of carbonyl (C=O) groups excluding carboxylic acids is 1. The largest absolute Gasteiger partial charge is 0.440 e. The summed E-state index contributed by atoms with van der Waals surface area (Å²) in [4.78, 5) is 16.1. The highest BCUT2D eigenvalue weighted by molar-refractivity contribution is 7.75. The first kappa shape index (κ1) is 15.6. The highest BCUT2D eigenvalue weighted by Gasteiger charge is 2.02. The molecule has 0 bridgehead atoms. The summed E-state index contributed by atoms with van der Waals surface area (Å²) in [5.41, 5.74) is 0.700. The lowest BCUT2D eigenvalue weighted by atomic mass is 10.2. The lowest BCUT2D eigenvalue weighted by molar-refractivity contribution is 0.100. The summed E-state index contributed by atoms with van der Waals surface area (Å²) < 4.78 is 15.5. The SMILES string of the molecule is C.C#Cc1cncc(C(=O)N=[S-](=O)c2ccccc2)c1. The molecule has 1 amide bonds. The number of pyridine rings is 1. The number of hydrogen-bond donors (Lipinski definition) is 0. The molecule has 4 nitrogen and oxygen atoms in total. The Morgan fingerprint density at radius 3 is 2.60 bits per heavy atom. The van der Waals surface area contributed by atoms with Crippen LogP contribution in [0.15, 0.2) is 58.1 Å². The lowest BCUT2D eigenvalue weighted by Gasteiger charge is -2.04. The van der Waals surface area contributed by atoms with Gasteiger partial charge in [0.25, 0.3) is 5.91 Å². The summed E-state index contributed by atoms with van der Waals surface area (Å²) in [6.45, 7) is 0. The van der Waals surface area contributed by atoms with Crippen molar-refractivity contribution in [2.45, 2.75) is 12.3 Å². The first-order chi connectivity index (χ1) is 9.20. The van der Waals surface area contributed by atoms with Crippen LogP contribution in [0.2, 0.25) is 0 Å². The fourth-order valence-electron chi connectivity index (χ4n) is 1.35. The van der Waals surface area contributed by atoms with E-state index in [9.17, 15) is 9.00 Å². The third-order valence-electron chi connectivity index (χ3n) is 2.26. The standard InChI is InChI=1S/C14H9N2O2S.CH4/c1-2-11-8-12(10-15-9-11)14(17)16-19(18)13-6-4-3-5-7-13;/h1,3-10H;1H4/q-1;. The molecule has 2 aromatic rings. The molecule has 0 aliphatic heterocycles. The monoisotopic (exact) mass is 285 g/mol.